The molecule has 1 atom stereocenters. The predicted molar refractivity (Wildman–Crippen MR) is 75.9 cm³/mol. The van der Waals surface area contributed by atoms with Crippen LogP contribution in [0, 0.1) is 35.0 Å². The van der Waals surface area contributed by atoms with E-state index in [0.29, 0.717) is 11.5 Å². The van der Waals surface area contributed by atoms with E-state index in [9.17, 15) is 0 Å². The fourth-order valence-corrected chi connectivity index (χ4v) is 5.58. The van der Waals surface area contributed by atoms with Crippen molar-refractivity contribution in [3.8, 4) is 11.8 Å². The maximum Gasteiger partial charge on any atom is 0.0103 e. The third kappa shape index (κ3) is 2.45. The van der Waals surface area contributed by atoms with Crippen LogP contribution in [0.4, 0.5) is 0 Å². The lowest BCUT2D eigenvalue weighted by Crippen LogP contribution is -2.48. The Balaban J connectivity index is 1.59. The SMILES string of the molecule is CC#CCCC(N)CC12CC3CC(CC(C3)C1)C2. The van der Waals surface area contributed by atoms with Gasteiger partial charge >= 0.3 is 0 Å². The smallest absolute Gasteiger partial charge is 0.0103 e. The molecule has 0 radical (unpaired) electrons. The molecule has 4 saturated carbocycles. The number of hydrogen-bond donors (Lipinski definition) is 1. The van der Waals surface area contributed by atoms with Crippen molar-refractivity contribution < 1.29 is 0 Å². The Morgan fingerprint density at radius 2 is 1.67 bits per heavy atom. The average Bonchev–Trinajstić information content (AvgIpc) is 2.26. The molecule has 4 bridgehead atoms. The van der Waals surface area contributed by atoms with Gasteiger partial charge in [-0.25, -0.2) is 0 Å². The van der Waals surface area contributed by atoms with Crippen LogP contribution in [0.5, 0.6) is 0 Å². The highest BCUT2D eigenvalue weighted by Crippen LogP contribution is 2.61. The first-order chi connectivity index (χ1) is 8.69. The molecule has 18 heavy (non-hydrogen) atoms. The quantitative estimate of drug-likeness (QED) is 0.751. The first kappa shape index (κ1) is 12.5. The molecule has 0 aromatic carbocycles. The largest absolute Gasteiger partial charge is 0.328 e. The molecule has 0 aromatic rings. The van der Waals surface area contributed by atoms with Crippen LogP contribution in [0.1, 0.15) is 64.7 Å². The lowest BCUT2D eigenvalue weighted by atomic mass is 9.48. The standard InChI is InChI=1S/C17H27N/c1-2-3-4-5-16(18)12-17-9-13-6-14(10-17)8-15(7-13)11-17/h13-16H,4-12,18H2,1H3. The molecule has 0 aromatic heterocycles. The molecule has 0 heterocycles. The maximum atomic E-state index is 6.37. The summed E-state index contributed by atoms with van der Waals surface area (Å²) in [5.41, 5.74) is 7.01. The second-order valence-corrected chi connectivity index (χ2v) is 7.35. The summed E-state index contributed by atoms with van der Waals surface area (Å²) in [6.45, 7) is 1.92. The van der Waals surface area contributed by atoms with Crippen molar-refractivity contribution in [2.45, 2.75) is 70.8 Å². The summed E-state index contributed by atoms with van der Waals surface area (Å²) in [4.78, 5) is 0. The minimum atomic E-state index is 0.391. The topological polar surface area (TPSA) is 26.0 Å². The summed E-state index contributed by atoms with van der Waals surface area (Å²) < 4.78 is 0. The Labute approximate surface area is 112 Å². The van der Waals surface area contributed by atoms with E-state index >= 15 is 0 Å². The van der Waals surface area contributed by atoms with Gasteiger partial charge in [0.25, 0.3) is 0 Å². The number of nitrogens with two attached hydrogens (primary N) is 1. The van der Waals surface area contributed by atoms with E-state index in [1.807, 2.05) is 6.92 Å². The molecule has 0 saturated heterocycles. The minimum absolute atomic E-state index is 0.391. The van der Waals surface area contributed by atoms with Crippen LogP contribution in [0.25, 0.3) is 0 Å². The van der Waals surface area contributed by atoms with Gasteiger partial charge in [-0.3, -0.25) is 0 Å². The van der Waals surface area contributed by atoms with Crippen molar-refractivity contribution in [3.63, 3.8) is 0 Å². The minimum Gasteiger partial charge on any atom is -0.328 e. The molecule has 4 aliphatic rings. The highest BCUT2D eigenvalue weighted by molar-refractivity contribution is 5.03. The van der Waals surface area contributed by atoms with E-state index in [1.165, 1.54) is 44.9 Å². The van der Waals surface area contributed by atoms with Gasteiger partial charge in [0.15, 0.2) is 0 Å². The van der Waals surface area contributed by atoms with Crippen LogP contribution in [-0.4, -0.2) is 6.04 Å². The average molecular weight is 245 g/mol. The summed E-state index contributed by atoms with van der Waals surface area (Å²) in [6, 6.07) is 0.391. The monoisotopic (exact) mass is 245 g/mol. The first-order valence-electron chi connectivity index (χ1n) is 7.84. The molecular formula is C17H27N. The predicted octanol–water partition coefficient (Wildman–Crippen LogP) is 3.72. The normalized spacial score (nSPS) is 42.4. The second kappa shape index (κ2) is 4.89. The van der Waals surface area contributed by atoms with Crippen LogP contribution in [0.3, 0.4) is 0 Å². The van der Waals surface area contributed by atoms with E-state index in [2.05, 4.69) is 11.8 Å². The highest BCUT2D eigenvalue weighted by atomic mass is 14.7. The van der Waals surface area contributed by atoms with E-state index < -0.39 is 0 Å². The molecule has 2 N–H and O–H groups in total. The molecule has 0 spiro atoms. The van der Waals surface area contributed by atoms with Crippen molar-refractivity contribution in [2.24, 2.45) is 28.9 Å². The van der Waals surface area contributed by atoms with E-state index in [-0.39, 0.29) is 0 Å². The Morgan fingerprint density at radius 1 is 1.11 bits per heavy atom. The van der Waals surface area contributed by atoms with Crippen molar-refractivity contribution in [3.05, 3.63) is 0 Å². The Morgan fingerprint density at radius 3 is 2.17 bits per heavy atom. The lowest BCUT2D eigenvalue weighted by molar-refractivity contribution is -0.0605. The van der Waals surface area contributed by atoms with Gasteiger partial charge in [-0.05, 0) is 81.5 Å². The number of hydrogen-bond acceptors (Lipinski definition) is 1. The van der Waals surface area contributed by atoms with E-state index in [1.54, 1.807) is 0 Å². The van der Waals surface area contributed by atoms with E-state index in [4.69, 9.17) is 5.73 Å². The van der Waals surface area contributed by atoms with Gasteiger partial charge in [0.05, 0.1) is 0 Å². The summed E-state index contributed by atoms with van der Waals surface area (Å²) in [5, 5.41) is 0. The van der Waals surface area contributed by atoms with Gasteiger partial charge in [-0.1, -0.05) is 0 Å². The molecule has 4 aliphatic carbocycles. The van der Waals surface area contributed by atoms with Crippen LogP contribution < -0.4 is 5.73 Å². The Bertz CT molecular complexity index is 324. The molecular weight excluding hydrogens is 218 g/mol. The van der Waals surface area contributed by atoms with Gasteiger partial charge in [0.2, 0.25) is 0 Å². The van der Waals surface area contributed by atoms with Gasteiger partial charge in [-0.15, -0.1) is 11.8 Å². The van der Waals surface area contributed by atoms with Crippen molar-refractivity contribution in [1.82, 2.24) is 0 Å². The zero-order valence-electron chi connectivity index (χ0n) is 11.8. The van der Waals surface area contributed by atoms with Gasteiger partial charge in [0.1, 0.15) is 0 Å². The zero-order valence-corrected chi connectivity index (χ0v) is 11.8. The molecule has 0 aliphatic heterocycles. The summed E-state index contributed by atoms with van der Waals surface area (Å²) >= 11 is 0. The van der Waals surface area contributed by atoms with E-state index in [0.717, 1.165) is 30.6 Å². The summed E-state index contributed by atoms with van der Waals surface area (Å²) in [6.07, 6.45) is 12.5. The second-order valence-electron chi connectivity index (χ2n) is 7.35. The van der Waals surface area contributed by atoms with Crippen molar-refractivity contribution in [1.29, 1.82) is 0 Å². The van der Waals surface area contributed by atoms with Gasteiger partial charge in [0, 0.05) is 12.5 Å². The van der Waals surface area contributed by atoms with Crippen LogP contribution in [0.2, 0.25) is 0 Å². The Kier molecular flexibility index (Phi) is 3.41. The van der Waals surface area contributed by atoms with Crippen LogP contribution in [-0.2, 0) is 0 Å². The summed E-state index contributed by atoms with van der Waals surface area (Å²) in [5.74, 6) is 9.30. The Hall–Kier alpha value is -0.480. The molecule has 4 fully saturated rings. The van der Waals surface area contributed by atoms with Crippen molar-refractivity contribution >= 4 is 0 Å². The lowest BCUT2D eigenvalue weighted by Gasteiger charge is -2.57. The molecule has 4 rings (SSSR count). The third-order valence-electron chi connectivity index (χ3n) is 5.68. The summed E-state index contributed by atoms with van der Waals surface area (Å²) in [7, 11) is 0. The van der Waals surface area contributed by atoms with Gasteiger partial charge in [-0.2, -0.15) is 0 Å². The molecule has 1 nitrogen and oxygen atoms in total. The highest BCUT2D eigenvalue weighted by Gasteiger charge is 2.50. The molecule has 1 unspecified atom stereocenters. The zero-order chi connectivity index (χ0) is 12.6. The van der Waals surface area contributed by atoms with Crippen LogP contribution >= 0.6 is 0 Å². The number of rotatable bonds is 4. The molecule has 1 heteroatoms. The molecule has 100 valence electrons. The van der Waals surface area contributed by atoms with Crippen LogP contribution in [0.15, 0.2) is 0 Å². The fraction of sp³-hybridized carbons (Fsp3) is 0.882. The maximum absolute atomic E-state index is 6.37. The van der Waals surface area contributed by atoms with Crippen molar-refractivity contribution in [2.75, 3.05) is 0 Å². The fourth-order valence-electron chi connectivity index (χ4n) is 5.58. The third-order valence-corrected chi connectivity index (χ3v) is 5.68. The first-order valence-corrected chi connectivity index (χ1v) is 7.84. The van der Waals surface area contributed by atoms with Gasteiger partial charge < -0.3 is 5.73 Å². The molecule has 0 amide bonds.